The number of thiophene rings is 1. The van der Waals surface area contributed by atoms with Crippen molar-refractivity contribution in [2.45, 2.75) is 32.9 Å². The van der Waals surface area contributed by atoms with Crippen molar-refractivity contribution in [3.05, 3.63) is 22.7 Å². The van der Waals surface area contributed by atoms with Gasteiger partial charge in [0.25, 0.3) is 5.89 Å². The van der Waals surface area contributed by atoms with Crippen LogP contribution < -0.4 is 0 Å². The lowest BCUT2D eigenvalue weighted by Gasteiger charge is -2.33. The molecule has 0 amide bonds. The van der Waals surface area contributed by atoms with Gasteiger partial charge in [0, 0.05) is 10.9 Å². The molecule has 0 aliphatic heterocycles. The lowest BCUT2D eigenvalue weighted by molar-refractivity contribution is -0.140. The average molecular weight is 295 g/mol. The first-order valence-electron chi connectivity index (χ1n) is 6.18. The van der Waals surface area contributed by atoms with Gasteiger partial charge in [0.05, 0.1) is 18.7 Å². The molecule has 0 atom stereocenters. The van der Waals surface area contributed by atoms with Gasteiger partial charge in [0.15, 0.2) is 5.82 Å². The molecular formula is C13H17N3O3S. The third kappa shape index (κ3) is 3.64. The first-order chi connectivity index (χ1) is 9.36. The van der Waals surface area contributed by atoms with Crippen LogP contribution in [0.3, 0.4) is 0 Å². The molecule has 0 radical (unpaired) electrons. The maximum Gasteiger partial charge on any atom is 0.317 e. The van der Waals surface area contributed by atoms with Crippen LogP contribution in [0.4, 0.5) is 0 Å². The third-order valence-corrected chi connectivity index (χ3v) is 3.53. The predicted octanol–water partition coefficient (Wildman–Crippen LogP) is 2.48. The molecule has 1 N–H and O–H groups in total. The number of carbonyl (C=O) groups is 1. The lowest BCUT2D eigenvalue weighted by atomic mass is 10.1. The second-order valence-electron chi connectivity index (χ2n) is 5.45. The van der Waals surface area contributed by atoms with E-state index in [0.29, 0.717) is 18.3 Å². The van der Waals surface area contributed by atoms with E-state index in [1.54, 1.807) is 16.2 Å². The largest absolute Gasteiger partial charge is 0.480 e. The van der Waals surface area contributed by atoms with Gasteiger partial charge in [-0.05, 0) is 32.2 Å². The highest BCUT2D eigenvalue weighted by Crippen LogP contribution is 2.21. The van der Waals surface area contributed by atoms with Crippen molar-refractivity contribution in [1.82, 2.24) is 15.0 Å². The fourth-order valence-electron chi connectivity index (χ4n) is 1.69. The zero-order valence-electron chi connectivity index (χ0n) is 11.7. The number of aromatic nitrogens is 2. The summed E-state index contributed by atoms with van der Waals surface area (Å²) in [6.45, 7) is 6.14. The normalized spacial score (nSPS) is 12.0. The summed E-state index contributed by atoms with van der Waals surface area (Å²) in [6.07, 6.45) is 0. The molecule has 0 saturated carbocycles. The van der Waals surface area contributed by atoms with E-state index in [2.05, 4.69) is 10.1 Å². The van der Waals surface area contributed by atoms with Crippen molar-refractivity contribution >= 4 is 17.3 Å². The first kappa shape index (κ1) is 14.7. The molecule has 7 heteroatoms. The van der Waals surface area contributed by atoms with Gasteiger partial charge < -0.3 is 9.63 Å². The molecule has 0 spiro atoms. The molecule has 0 unspecified atom stereocenters. The van der Waals surface area contributed by atoms with Gasteiger partial charge in [-0.2, -0.15) is 16.3 Å². The molecule has 2 rings (SSSR count). The Morgan fingerprint density at radius 3 is 2.80 bits per heavy atom. The summed E-state index contributed by atoms with van der Waals surface area (Å²) >= 11 is 1.55. The predicted molar refractivity (Wildman–Crippen MR) is 75.4 cm³/mol. The van der Waals surface area contributed by atoms with E-state index >= 15 is 0 Å². The van der Waals surface area contributed by atoms with Gasteiger partial charge >= 0.3 is 5.97 Å². The number of aliphatic carboxylic acids is 1. The molecule has 0 fully saturated rings. The molecule has 0 saturated heterocycles. The number of carboxylic acid groups (broad SMARTS) is 1. The van der Waals surface area contributed by atoms with Crippen molar-refractivity contribution < 1.29 is 14.4 Å². The SMILES string of the molecule is CC(C)(C)N(CC(=O)O)Cc1noc(-c2ccsc2)n1. The van der Waals surface area contributed by atoms with Crippen molar-refractivity contribution in [1.29, 1.82) is 0 Å². The number of carboxylic acids is 1. The van der Waals surface area contributed by atoms with Crippen molar-refractivity contribution in [3.63, 3.8) is 0 Å². The molecule has 0 aromatic carbocycles. The maximum absolute atomic E-state index is 10.9. The molecule has 6 nitrogen and oxygen atoms in total. The van der Waals surface area contributed by atoms with Crippen molar-refractivity contribution in [2.75, 3.05) is 6.54 Å². The Kier molecular flexibility index (Phi) is 4.20. The molecule has 0 bridgehead atoms. The van der Waals surface area contributed by atoms with Crippen LogP contribution in [-0.4, -0.2) is 38.2 Å². The van der Waals surface area contributed by atoms with Crippen LogP contribution in [-0.2, 0) is 11.3 Å². The van der Waals surface area contributed by atoms with Crippen LogP contribution in [0.1, 0.15) is 26.6 Å². The number of nitrogens with zero attached hydrogens (tertiary/aromatic N) is 3. The van der Waals surface area contributed by atoms with E-state index in [4.69, 9.17) is 9.63 Å². The second kappa shape index (κ2) is 5.72. The Morgan fingerprint density at radius 2 is 2.25 bits per heavy atom. The summed E-state index contributed by atoms with van der Waals surface area (Å²) in [5.41, 5.74) is 0.593. The minimum absolute atomic E-state index is 0.0637. The molecular weight excluding hydrogens is 278 g/mol. The van der Waals surface area contributed by atoms with Gasteiger partial charge in [-0.25, -0.2) is 0 Å². The van der Waals surface area contributed by atoms with E-state index in [1.807, 2.05) is 37.6 Å². The molecule has 20 heavy (non-hydrogen) atoms. The molecule has 2 aromatic heterocycles. The molecule has 108 valence electrons. The van der Waals surface area contributed by atoms with Gasteiger partial charge in [0.2, 0.25) is 0 Å². The second-order valence-corrected chi connectivity index (χ2v) is 6.23. The Bertz CT molecular complexity index is 572. The number of hydrogen-bond acceptors (Lipinski definition) is 6. The zero-order chi connectivity index (χ0) is 14.8. The standard InChI is InChI=1S/C13H17N3O3S/c1-13(2,3)16(7-11(17)18)6-10-14-12(19-15-10)9-4-5-20-8-9/h4-5,8H,6-7H2,1-3H3,(H,17,18). The molecule has 2 heterocycles. The monoisotopic (exact) mass is 295 g/mol. The highest BCUT2D eigenvalue weighted by Gasteiger charge is 2.25. The topological polar surface area (TPSA) is 79.5 Å². The summed E-state index contributed by atoms with van der Waals surface area (Å²) < 4.78 is 5.20. The summed E-state index contributed by atoms with van der Waals surface area (Å²) in [4.78, 5) is 17.0. The Hall–Kier alpha value is -1.73. The van der Waals surface area contributed by atoms with Gasteiger partial charge in [-0.15, -0.1) is 0 Å². The maximum atomic E-state index is 10.9. The van der Waals surface area contributed by atoms with Crippen molar-refractivity contribution in [3.8, 4) is 11.5 Å². The summed E-state index contributed by atoms with van der Waals surface area (Å²) in [7, 11) is 0. The van der Waals surface area contributed by atoms with Crippen LogP contribution in [0.2, 0.25) is 0 Å². The average Bonchev–Trinajstić information content (AvgIpc) is 2.95. The van der Waals surface area contributed by atoms with Gasteiger partial charge in [-0.1, -0.05) is 5.16 Å². The molecule has 2 aromatic rings. The number of hydrogen-bond donors (Lipinski definition) is 1. The van der Waals surface area contributed by atoms with E-state index < -0.39 is 5.97 Å². The van der Waals surface area contributed by atoms with Gasteiger partial charge in [0.1, 0.15) is 0 Å². The minimum atomic E-state index is -0.874. The Labute approximate surface area is 121 Å². The van der Waals surface area contributed by atoms with E-state index in [0.717, 1.165) is 5.56 Å². The van der Waals surface area contributed by atoms with E-state index in [1.165, 1.54) is 0 Å². The fourth-order valence-corrected chi connectivity index (χ4v) is 2.32. The van der Waals surface area contributed by atoms with Gasteiger partial charge in [-0.3, -0.25) is 9.69 Å². The third-order valence-electron chi connectivity index (χ3n) is 2.84. The minimum Gasteiger partial charge on any atom is -0.480 e. The molecule has 0 aliphatic carbocycles. The first-order valence-corrected chi connectivity index (χ1v) is 7.12. The summed E-state index contributed by atoms with van der Waals surface area (Å²) in [6, 6.07) is 1.90. The van der Waals surface area contributed by atoms with Crippen LogP contribution >= 0.6 is 11.3 Å². The smallest absolute Gasteiger partial charge is 0.317 e. The summed E-state index contributed by atoms with van der Waals surface area (Å²) in [5, 5.41) is 16.8. The van der Waals surface area contributed by atoms with Crippen LogP contribution in [0.25, 0.3) is 11.5 Å². The lowest BCUT2D eigenvalue weighted by Crippen LogP contribution is -2.44. The van der Waals surface area contributed by atoms with Crippen LogP contribution in [0.5, 0.6) is 0 Å². The number of rotatable bonds is 5. The Balaban J connectivity index is 2.13. The highest BCUT2D eigenvalue weighted by molar-refractivity contribution is 7.08. The summed E-state index contributed by atoms with van der Waals surface area (Å²) in [5.74, 6) is 0.0780. The zero-order valence-corrected chi connectivity index (χ0v) is 12.5. The van der Waals surface area contributed by atoms with Crippen LogP contribution in [0.15, 0.2) is 21.3 Å². The van der Waals surface area contributed by atoms with Crippen molar-refractivity contribution in [2.24, 2.45) is 0 Å². The fraction of sp³-hybridized carbons (Fsp3) is 0.462. The van der Waals surface area contributed by atoms with Crippen LogP contribution in [0, 0.1) is 0 Å². The van der Waals surface area contributed by atoms with E-state index in [9.17, 15) is 4.79 Å². The highest BCUT2D eigenvalue weighted by atomic mass is 32.1. The Morgan fingerprint density at radius 1 is 1.50 bits per heavy atom. The molecule has 0 aliphatic rings. The quantitative estimate of drug-likeness (QED) is 0.913. The van der Waals surface area contributed by atoms with E-state index in [-0.39, 0.29) is 12.1 Å².